The van der Waals surface area contributed by atoms with Crippen molar-refractivity contribution in [2.75, 3.05) is 18.9 Å². The largest absolute Gasteiger partial charge is 0.494 e. The Morgan fingerprint density at radius 3 is 2.88 bits per heavy atom. The van der Waals surface area contributed by atoms with Crippen LogP contribution in [0, 0.1) is 0 Å². The van der Waals surface area contributed by atoms with Gasteiger partial charge in [-0.25, -0.2) is 4.98 Å². The second kappa shape index (κ2) is 7.15. The molecule has 1 amide bonds. The van der Waals surface area contributed by atoms with Crippen molar-refractivity contribution >= 4 is 17.7 Å². The lowest BCUT2D eigenvalue weighted by Crippen LogP contribution is -2.36. The van der Waals surface area contributed by atoms with Gasteiger partial charge in [0.25, 0.3) is 11.5 Å². The molecule has 7 heteroatoms. The van der Waals surface area contributed by atoms with Gasteiger partial charge in [0.1, 0.15) is 11.3 Å². The summed E-state index contributed by atoms with van der Waals surface area (Å²) in [6, 6.07) is 7.87. The van der Waals surface area contributed by atoms with Gasteiger partial charge in [0.15, 0.2) is 5.16 Å². The molecule has 1 saturated heterocycles. The van der Waals surface area contributed by atoms with Gasteiger partial charge in [0.05, 0.1) is 12.6 Å². The Bertz CT molecular complexity index is 879. The van der Waals surface area contributed by atoms with E-state index in [1.165, 1.54) is 6.20 Å². The number of rotatable bonds is 4. The van der Waals surface area contributed by atoms with Gasteiger partial charge in [-0.15, -0.1) is 0 Å². The third-order valence-corrected chi connectivity index (χ3v) is 5.85. The molecule has 6 nitrogen and oxygen atoms in total. The first-order valence-corrected chi connectivity index (χ1v) is 9.94. The lowest BCUT2D eigenvalue weighted by Gasteiger charge is -2.25. The van der Waals surface area contributed by atoms with Crippen LogP contribution in [-0.4, -0.2) is 39.3 Å². The summed E-state index contributed by atoms with van der Waals surface area (Å²) in [4.78, 5) is 31.8. The number of thioether (sulfide) groups is 1. The smallest absolute Gasteiger partial charge is 0.267 e. The topological polar surface area (TPSA) is 64.4 Å². The first-order valence-electron chi connectivity index (χ1n) is 8.95. The summed E-state index contributed by atoms with van der Waals surface area (Å²) in [5.74, 6) is 1.44. The van der Waals surface area contributed by atoms with E-state index >= 15 is 0 Å². The van der Waals surface area contributed by atoms with E-state index in [4.69, 9.17) is 4.74 Å². The lowest BCUT2D eigenvalue weighted by molar-refractivity contribution is 0.0732. The van der Waals surface area contributed by atoms with Crippen LogP contribution in [0.15, 0.2) is 40.4 Å². The maximum Gasteiger partial charge on any atom is 0.267 e. The normalized spacial score (nSPS) is 18.8. The number of hydrogen-bond acceptors (Lipinski definition) is 5. The Kier molecular flexibility index (Phi) is 4.72. The number of carbonyl (C=O) groups excluding carboxylic acids is 1. The first-order chi connectivity index (χ1) is 12.7. The minimum absolute atomic E-state index is 0.00907. The Labute approximate surface area is 156 Å². The zero-order valence-corrected chi connectivity index (χ0v) is 15.5. The van der Waals surface area contributed by atoms with Crippen LogP contribution in [-0.2, 0) is 6.54 Å². The molecule has 0 spiro atoms. The monoisotopic (exact) mass is 371 g/mol. The molecule has 136 valence electrons. The molecule has 2 aliphatic rings. The van der Waals surface area contributed by atoms with E-state index in [0.717, 1.165) is 29.9 Å². The highest BCUT2D eigenvalue weighted by atomic mass is 32.2. The number of benzene rings is 1. The maximum atomic E-state index is 13.1. The van der Waals surface area contributed by atoms with Gasteiger partial charge >= 0.3 is 0 Å². The minimum atomic E-state index is -0.220. The number of amides is 1. The molecule has 1 atom stereocenters. The SMILES string of the molecule is CCOc1ccc(C2CCCN2C(=O)c2cnc3n(c2=O)CCS3)cc1. The predicted octanol–water partition coefficient (Wildman–Crippen LogP) is 2.73. The fraction of sp³-hybridized carbons (Fsp3) is 0.421. The predicted molar refractivity (Wildman–Crippen MR) is 99.8 cm³/mol. The molecule has 1 fully saturated rings. The average molecular weight is 371 g/mol. The molecular formula is C19H21N3O3S. The number of nitrogens with zero attached hydrogens (tertiary/aromatic N) is 3. The van der Waals surface area contributed by atoms with Gasteiger partial charge in [-0.2, -0.15) is 0 Å². The van der Waals surface area contributed by atoms with Gasteiger partial charge in [-0.1, -0.05) is 23.9 Å². The first kappa shape index (κ1) is 17.1. The Morgan fingerprint density at radius 2 is 2.12 bits per heavy atom. The number of ether oxygens (including phenoxy) is 1. The van der Waals surface area contributed by atoms with Crippen molar-refractivity contribution in [3.05, 3.63) is 51.9 Å². The molecule has 1 aromatic heterocycles. The number of carbonyl (C=O) groups is 1. The zero-order chi connectivity index (χ0) is 18.1. The molecule has 0 N–H and O–H groups in total. The van der Waals surface area contributed by atoms with E-state index < -0.39 is 0 Å². The standard InChI is InChI=1S/C19H21N3O3S/c1-2-25-14-7-5-13(6-8-14)16-4-3-9-21(16)17(23)15-12-20-19-22(18(15)24)10-11-26-19/h5-8,12,16H,2-4,9-11H2,1H3. The lowest BCUT2D eigenvalue weighted by atomic mass is 10.0. The number of fused-ring (bicyclic) bond motifs is 1. The van der Waals surface area contributed by atoms with Crippen molar-refractivity contribution < 1.29 is 9.53 Å². The van der Waals surface area contributed by atoms with Crippen molar-refractivity contribution in [1.29, 1.82) is 0 Å². The zero-order valence-electron chi connectivity index (χ0n) is 14.7. The molecular weight excluding hydrogens is 350 g/mol. The van der Waals surface area contributed by atoms with Crippen LogP contribution >= 0.6 is 11.8 Å². The molecule has 0 bridgehead atoms. The molecule has 2 aromatic rings. The highest BCUT2D eigenvalue weighted by molar-refractivity contribution is 7.99. The maximum absolute atomic E-state index is 13.1. The summed E-state index contributed by atoms with van der Waals surface area (Å²) in [5, 5.41) is 0.705. The van der Waals surface area contributed by atoms with E-state index in [1.807, 2.05) is 36.1 Å². The molecule has 26 heavy (non-hydrogen) atoms. The van der Waals surface area contributed by atoms with Gasteiger partial charge in [-0.05, 0) is 37.5 Å². The van der Waals surface area contributed by atoms with Crippen molar-refractivity contribution in [3.63, 3.8) is 0 Å². The van der Waals surface area contributed by atoms with Crippen LogP contribution in [0.25, 0.3) is 0 Å². The third-order valence-electron chi connectivity index (χ3n) is 4.88. The van der Waals surface area contributed by atoms with Crippen LogP contribution < -0.4 is 10.3 Å². The average Bonchev–Trinajstić information content (AvgIpc) is 3.32. The quantitative estimate of drug-likeness (QED) is 0.773. The van der Waals surface area contributed by atoms with Crippen LogP contribution in [0.2, 0.25) is 0 Å². The molecule has 2 aliphatic heterocycles. The van der Waals surface area contributed by atoms with Crippen LogP contribution in [0.4, 0.5) is 0 Å². The van der Waals surface area contributed by atoms with Gasteiger partial charge in [-0.3, -0.25) is 14.2 Å². The van der Waals surface area contributed by atoms with Crippen molar-refractivity contribution in [2.45, 2.75) is 37.5 Å². The van der Waals surface area contributed by atoms with E-state index in [9.17, 15) is 9.59 Å². The summed E-state index contributed by atoms with van der Waals surface area (Å²) in [7, 11) is 0. The minimum Gasteiger partial charge on any atom is -0.494 e. The number of hydrogen-bond donors (Lipinski definition) is 0. The molecule has 1 unspecified atom stereocenters. The summed E-state index contributed by atoms with van der Waals surface area (Å²) >= 11 is 1.55. The Morgan fingerprint density at radius 1 is 1.31 bits per heavy atom. The summed E-state index contributed by atoms with van der Waals surface area (Å²) in [6.45, 7) is 3.86. The van der Waals surface area contributed by atoms with Gasteiger partial charge < -0.3 is 9.64 Å². The van der Waals surface area contributed by atoms with E-state index in [-0.39, 0.29) is 23.1 Å². The van der Waals surface area contributed by atoms with Crippen molar-refractivity contribution in [3.8, 4) is 5.75 Å². The molecule has 4 rings (SSSR count). The molecule has 1 aromatic carbocycles. The summed E-state index contributed by atoms with van der Waals surface area (Å²) in [5.41, 5.74) is 1.03. The summed E-state index contributed by atoms with van der Waals surface area (Å²) < 4.78 is 7.10. The Balaban J connectivity index is 1.60. The molecule has 0 aliphatic carbocycles. The number of aromatic nitrogens is 2. The highest BCUT2D eigenvalue weighted by Gasteiger charge is 2.33. The van der Waals surface area contributed by atoms with Gasteiger partial charge in [0, 0.05) is 25.0 Å². The Hall–Kier alpha value is -2.28. The number of likely N-dealkylation sites (tertiary alicyclic amines) is 1. The van der Waals surface area contributed by atoms with E-state index in [2.05, 4.69) is 4.98 Å². The summed E-state index contributed by atoms with van der Waals surface area (Å²) in [6.07, 6.45) is 3.27. The fourth-order valence-electron chi connectivity index (χ4n) is 3.63. The van der Waals surface area contributed by atoms with Gasteiger partial charge in [0.2, 0.25) is 0 Å². The van der Waals surface area contributed by atoms with E-state index in [0.29, 0.717) is 24.9 Å². The van der Waals surface area contributed by atoms with Crippen molar-refractivity contribution in [2.24, 2.45) is 0 Å². The highest BCUT2D eigenvalue weighted by Crippen LogP contribution is 2.33. The van der Waals surface area contributed by atoms with E-state index in [1.54, 1.807) is 16.3 Å². The third kappa shape index (κ3) is 3.00. The van der Waals surface area contributed by atoms with Crippen LogP contribution in [0.5, 0.6) is 5.75 Å². The molecule has 0 saturated carbocycles. The second-order valence-electron chi connectivity index (χ2n) is 6.42. The molecule has 3 heterocycles. The second-order valence-corrected chi connectivity index (χ2v) is 7.48. The molecule has 0 radical (unpaired) electrons. The van der Waals surface area contributed by atoms with Crippen LogP contribution in [0.3, 0.4) is 0 Å². The van der Waals surface area contributed by atoms with Crippen LogP contribution in [0.1, 0.15) is 41.7 Å². The fourth-order valence-corrected chi connectivity index (χ4v) is 4.54. The van der Waals surface area contributed by atoms with Crippen molar-refractivity contribution in [1.82, 2.24) is 14.5 Å².